The third-order valence-electron chi connectivity index (χ3n) is 2.41. The molecule has 0 aliphatic rings. The van der Waals surface area contributed by atoms with Gasteiger partial charge in [-0.25, -0.2) is 4.98 Å². The average molecular weight is 215 g/mol. The lowest BCUT2D eigenvalue weighted by Crippen LogP contribution is -2.08. The van der Waals surface area contributed by atoms with Crippen molar-refractivity contribution >= 4 is 0 Å². The van der Waals surface area contributed by atoms with Crippen LogP contribution in [-0.4, -0.2) is 4.98 Å². The Labute approximate surface area is 96.3 Å². The lowest BCUT2D eigenvalue weighted by molar-refractivity contribution is 0.411. The maximum Gasteiger partial charge on any atom is 0.181 e. The number of rotatable bonds is 2. The molecule has 0 spiro atoms. The summed E-state index contributed by atoms with van der Waals surface area (Å²) in [5.74, 6) is 0.822. The average Bonchev–Trinajstić information content (AvgIpc) is 2.69. The van der Waals surface area contributed by atoms with Crippen LogP contribution in [0.3, 0.4) is 0 Å². The van der Waals surface area contributed by atoms with E-state index in [0.717, 1.165) is 17.7 Å². The van der Waals surface area contributed by atoms with Gasteiger partial charge in [-0.05, 0) is 17.4 Å². The van der Waals surface area contributed by atoms with Gasteiger partial charge in [0.1, 0.15) is 0 Å². The van der Waals surface area contributed by atoms with Gasteiger partial charge in [-0.2, -0.15) is 0 Å². The van der Waals surface area contributed by atoms with Crippen LogP contribution in [0.25, 0.3) is 11.3 Å². The van der Waals surface area contributed by atoms with Gasteiger partial charge in [0.25, 0.3) is 0 Å². The van der Waals surface area contributed by atoms with Gasteiger partial charge in [-0.3, -0.25) is 0 Å². The summed E-state index contributed by atoms with van der Waals surface area (Å²) in [4.78, 5) is 3.91. The molecule has 0 unspecified atom stereocenters. The van der Waals surface area contributed by atoms with E-state index < -0.39 is 0 Å². The number of hydrogen-bond donors (Lipinski definition) is 0. The first kappa shape index (κ1) is 10.9. The van der Waals surface area contributed by atoms with Gasteiger partial charge in [0.15, 0.2) is 12.2 Å². The summed E-state index contributed by atoms with van der Waals surface area (Å²) in [5.41, 5.74) is 2.76. The number of oxazole rings is 1. The van der Waals surface area contributed by atoms with Crippen LogP contribution in [0, 0.1) is 5.41 Å². The van der Waals surface area contributed by atoms with Gasteiger partial charge in [0, 0.05) is 5.56 Å². The van der Waals surface area contributed by atoms with E-state index in [4.69, 9.17) is 4.42 Å². The van der Waals surface area contributed by atoms with Crippen LogP contribution in [0.2, 0.25) is 0 Å². The molecule has 0 aliphatic heterocycles. The molecule has 0 bridgehead atoms. The molecular formula is C14H17NO. The SMILES string of the molecule is CC(C)(C)Cc1ccc(-c2cnco2)cc1. The van der Waals surface area contributed by atoms with Crippen LogP contribution >= 0.6 is 0 Å². The van der Waals surface area contributed by atoms with Crippen LogP contribution in [0.4, 0.5) is 0 Å². The quantitative estimate of drug-likeness (QED) is 0.758. The highest BCUT2D eigenvalue weighted by molar-refractivity contribution is 5.56. The Morgan fingerprint density at radius 2 is 1.81 bits per heavy atom. The fourth-order valence-electron chi connectivity index (χ4n) is 1.76. The smallest absolute Gasteiger partial charge is 0.181 e. The molecule has 1 aromatic carbocycles. The summed E-state index contributed by atoms with van der Waals surface area (Å²) in [6.07, 6.45) is 4.28. The van der Waals surface area contributed by atoms with E-state index in [1.54, 1.807) is 6.20 Å². The van der Waals surface area contributed by atoms with Crippen LogP contribution in [-0.2, 0) is 6.42 Å². The minimum absolute atomic E-state index is 0.327. The highest BCUT2D eigenvalue weighted by Gasteiger charge is 2.11. The highest BCUT2D eigenvalue weighted by atomic mass is 16.3. The molecule has 16 heavy (non-hydrogen) atoms. The Hall–Kier alpha value is -1.57. The zero-order valence-corrected chi connectivity index (χ0v) is 10.0. The van der Waals surface area contributed by atoms with Crippen molar-refractivity contribution in [2.24, 2.45) is 5.41 Å². The lowest BCUT2D eigenvalue weighted by atomic mass is 9.88. The third kappa shape index (κ3) is 2.72. The zero-order chi connectivity index (χ0) is 11.6. The molecule has 0 N–H and O–H groups in total. The molecule has 2 aromatic rings. The molecule has 0 fully saturated rings. The van der Waals surface area contributed by atoms with Crippen molar-refractivity contribution in [1.29, 1.82) is 0 Å². The minimum Gasteiger partial charge on any atom is -0.444 e. The summed E-state index contributed by atoms with van der Waals surface area (Å²) < 4.78 is 5.25. The summed E-state index contributed by atoms with van der Waals surface area (Å²) >= 11 is 0. The van der Waals surface area contributed by atoms with Gasteiger partial charge in [0.05, 0.1) is 6.20 Å². The Balaban J connectivity index is 2.17. The number of aromatic nitrogens is 1. The second-order valence-electron chi connectivity index (χ2n) is 5.30. The summed E-state index contributed by atoms with van der Waals surface area (Å²) in [5, 5.41) is 0. The summed E-state index contributed by atoms with van der Waals surface area (Å²) in [6, 6.07) is 8.48. The molecule has 0 saturated carbocycles. The fraction of sp³-hybridized carbons (Fsp3) is 0.357. The first-order valence-electron chi connectivity index (χ1n) is 5.52. The molecule has 0 radical (unpaired) electrons. The van der Waals surface area contributed by atoms with Gasteiger partial charge < -0.3 is 4.42 Å². The van der Waals surface area contributed by atoms with E-state index in [2.05, 4.69) is 50.0 Å². The van der Waals surface area contributed by atoms with Crippen LogP contribution < -0.4 is 0 Å². The molecule has 84 valence electrons. The van der Waals surface area contributed by atoms with Gasteiger partial charge >= 0.3 is 0 Å². The second-order valence-corrected chi connectivity index (χ2v) is 5.30. The van der Waals surface area contributed by atoms with Crippen molar-refractivity contribution in [2.45, 2.75) is 27.2 Å². The predicted molar refractivity (Wildman–Crippen MR) is 65.1 cm³/mol. The molecule has 1 heterocycles. The largest absolute Gasteiger partial charge is 0.444 e. The summed E-state index contributed by atoms with van der Waals surface area (Å²) in [7, 11) is 0. The first-order valence-corrected chi connectivity index (χ1v) is 5.52. The topological polar surface area (TPSA) is 26.0 Å². The van der Waals surface area contributed by atoms with Crippen LogP contribution in [0.5, 0.6) is 0 Å². The van der Waals surface area contributed by atoms with Crippen LogP contribution in [0.15, 0.2) is 41.3 Å². The van der Waals surface area contributed by atoms with Crippen molar-refractivity contribution in [1.82, 2.24) is 4.98 Å². The standard InChI is InChI=1S/C14H17NO/c1-14(2,3)8-11-4-6-12(7-5-11)13-9-15-10-16-13/h4-7,9-10H,8H2,1-3H3. The van der Waals surface area contributed by atoms with Crippen molar-refractivity contribution < 1.29 is 4.42 Å². The van der Waals surface area contributed by atoms with Crippen molar-refractivity contribution in [3.05, 3.63) is 42.4 Å². The molecule has 2 heteroatoms. The Bertz CT molecular complexity index is 435. The summed E-state index contributed by atoms with van der Waals surface area (Å²) in [6.45, 7) is 6.74. The minimum atomic E-state index is 0.327. The Morgan fingerprint density at radius 3 is 2.31 bits per heavy atom. The second kappa shape index (κ2) is 4.12. The molecule has 1 aromatic heterocycles. The Morgan fingerprint density at radius 1 is 1.12 bits per heavy atom. The van der Waals surface area contributed by atoms with E-state index in [1.807, 2.05) is 0 Å². The van der Waals surface area contributed by atoms with E-state index in [1.165, 1.54) is 12.0 Å². The maximum atomic E-state index is 5.25. The van der Waals surface area contributed by atoms with E-state index in [9.17, 15) is 0 Å². The fourth-order valence-corrected chi connectivity index (χ4v) is 1.76. The monoisotopic (exact) mass is 215 g/mol. The van der Waals surface area contributed by atoms with Crippen molar-refractivity contribution in [3.8, 4) is 11.3 Å². The first-order chi connectivity index (χ1) is 7.54. The van der Waals surface area contributed by atoms with E-state index >= 15 is 0 Å². The van der Waals surface area contributed by atoms with Gasteiger partial charge in [0.2, 0.25) is 0 Å². The third-order valence-corrected chi connectivity index (χ3v) is 2.41. The molecule has 0 aliphatic carbocycles. The maximum absolute atomic E-state index is 5.25. The lowest BCUT2D eigenvalue weighted by Gasteiger charge is -2.17. The highest BCUT2D eigenvalue weighted by Crippen LogP contribution is 2.23. The molecule has 0 atom stereocenters. The van der Waals surface area contributed by atoms with Gasteiger partial charge in [-0.15, -0.1) is 0 Å². The Kier molecular flexibility index (Phi) is 2.82. The molecule has 0 saturated heterocycles. The number of hydrogen-bond acceptors (Lipinski definition) is 2. The zero-order valence-electron chi connectivity index (χ0n) is 10.0. The predicted octanol–water partition coefficient (Wildman–Crippen LogP) is 3.93. The van der Waals surface area contributed by atoms with Crippen molar-refractivity contribution in [3.63, 3.8) is 0 Å². The molecule has 0 amide bonds. The molecule has 2 rings (SSSR count). The van der Waals surface area contributed by atoms with Crippen LogP contribution in [0.1, 0.15) is 26.3 Å². The molecule has 2 nitrogen and oxygen atoms in total. The van der Waals surface area contributed by atoms with Gasteiger partial charge in [-0.1, -0.05) is 45.0 Å². The normalized spacial score (nSPS) is 11.7. The molecular weight excluding hydrogens is 198 g/mol. The van der Waals surface area contributed by atoms with E-state index in [-0.39, 0.29) is 0 Å². The number of benzene rings is 1. The van der Waals surface area contributed by atoms with E-state index in [0.29, 0.717) is 5.41 Å². The number of nitrogens with zero attached hydrogens (tertiary/aromatic N) is 1. The van der Waals surface area contributed by atoms with Crippen molar-refractivity contribution in [2.75, 3.05) is 0 Å².